The molecule has 0 saturated heterocycles. The lowest BCUT2D eigenvalue weighted by atomic mass is 10.0. The minimum Gasteiger partial charge on any atom is -0.370 e. The second-order valence-corrected chi connectivity index (χ2v) is 15.1. The Labute approximate surface area is 303 Å². The fourth-order valence-corrected chi connectivity index (χ4v) is 7.30. The molecule has 1 aromatic heterocycles. The van der Waals surface area contributed by atoms with Gasteiger partial charge in [0.2, 0.25) is 27.6 Å². The molecule has 3 atom stereocenters. The molecule has 2 amide bonds. The molecule has 258 valence electrons. The highest BCUT2D eigenvalue weighted by molar-refractivity contribution is 14.1. The highest BCUT2D eigenvalue weighted by Crippen LogP contribution is 2.15. The number of nitrogens with two attached hydrogens (primary N) is 2. The molecule has 3 aromatic carbocycles. The van der Waals surface area contributed by atoms with E-state index in [4.69, 9.17) is 11.5 Å². The summed E-state index contributed by atoms with van der Waals surface area (Å²) in [5.41, 5.74) is 12.9. The number of nitrogens with zero attached hydrogens (tertiary/aromatic N) is 2. The lowest BCUT2D eigenvalue weighted by molar-refractivity contribution is -0.130. The minimum absolute atomic E-state index is 0.0362. The van der Waals surface area contributed by atoms with Crippen molar-refractivity contribution in [3.05, 3.63) is 122 Å². The third-order valence-electron chi connectivity index (χ3n) is 7.33. The Kier molecular flexibility index (Phi) is 14.2. The van der Waals surface area contributed by atoms with Crippen molar-refractivity contribution in [2.45, 2.75) is 49.6 Å². The summed E-state index contributed by atoms with van der Waals surface area (Å²) in [5.74, 6) is -2.12. The third kappa shape index (κ3) is 12.6. The van der Waals surface area contributed by atoms with Crippen LogP contribution in [-0.4, -0.2) is 61.6 Å². The molecule has 0 aliphatic carbocycles. The van der Waals surface area contributed by atoms with Gasteiger partial charge >= 0.3 is 0 Å². The Morgan fingerprint density at radius 1 is 0.796 bits per heavy atom. The molecule has 15 heteroatoms. The molecule has 0 radical (unpaired) electrons. The molecule has 49 heavy (non-hydrogen) atoms. The number of halogens is 1. The monoisotopic (exact) mass is 815 g/mol. The van der Waals surface area contributed by atoms with E-state index < -0.39 is 40.0 Å². The average Bonchev–Trinajstić information content (AvgIpc) is 3.62. The van der Waals surface area contributed by atoms with Gasteiger partial charge in [0.15, 0.2) is 11.0 Å². The van der Waals surface area contributed by atoms with Crippen LogP contribution in [0.25, 0.3) is 0 Å². The number of aromatic nitrogens is 1. The second kappa shape index (κ2) is 18.5. The number of amides is 2. The Balaban J connectivity index is 1.60. The van der Waals surface area contributed by atoms with Crippen LogP contribution >= 0.6 is 33.9 Å². The predicted octanol–water partition coefficient (Wildman–Crippen LogP) is 2.93. The average molecular weight is 816 g/mol. The quantitative estimate of drug-likeness (QED) is 0.0332. The van der Waals surface area contributed by atoms with Crippen LogP contribution in [0.5, 0.6) is 0 Å². The number of carbonyl (C=O) groups excluding carboxylic acids is 3. The lowest BCUT2D eigenvalue weighted by Gasteiger charge is -2.25. The maximum atomic E-state index is 14.0. The summed E-state index contributed by atoms with van der Waals surface area (Å²) in [5, 5.41) is 7.49. The van der Waals surface area contributed by atoms with E-state index in [2.05, 4.69) is 47.9 Å². The molecule has 0 spiro atoms. The summed E-state index contributed by atoms with van der Waals surface area (Å²) in [6.07, 6.45) is 2.21. The van der Waals surface area contributed by atoms with Crippen molar-refractivity contribution in [2.75, 3.05) is 6.54 Å². The van der Waals surface area contributed by atoms with E-state index in [1.165, 1.54) is 6.20 Å². The van der Waals surface area contributed by atoms with Crippen molar-refractivity contribution in [3.63, 3.8) is 0 Å². The van der Waals surface area contributed by atoms with Gasteiger partial charge in [-0.2, -0.15) is 0 Å². The van der Waals surface area contributed by atoms with E-state index in [0.717, 1.165) is 26.0 Å². The molecule has 4 rings (SSSR count). The topological polar surface area (TPSA) is 199 Å². The normalized spacial score (nSPS) is 13.1. The number of benzene rings is 3. The number of ketones is 1. The van der Waals surface area contributed by atoms with Crippen molar-refractivity contribution in [1.29, 1.82) is 0 Å². The first kappa shape index (κ1) is 37.6. The van der Waals surface area contributed by atoms with Crippen LogP contribution in [-0.2, 0) is 38.2 Å². The Hall–Kier alpha value is -4.19. The molecule has 1 heterocycles. The van der Waals surface area contributed by atoms with Gasteiger partial charge in [-0.1, -0.05) is 72.8 Å². The fraction of sp³-hybridized carbons (Fsp3) is 0.265. The van der Waals surface area contributed by atoms with E-state index in [1.54, 1.807) is 60.0 Å². The smallest absolute Gasteiger partial charge is 0.243 e. The maximum Gasteiger partial charge on any atom is 0.243 e. The number of thiazole rings is 1. The van der Waals surface area contributed by atoms with E-state index >= 15 is 0 Å². The van der Waals surface area contributed by atoms with Crippen molar-refractivity contribution < 1.29 is 22.8 Å². The van der Waals surface area contributed by atoms with Crippen LogP contribution in [0.4, 0.5) is 0 Å². The van der Waals surface area contributed by atoms with Gasteiger partial charge in [0, 0.05) is 28.1 Å². The molecule has 0 unspecified atom stereocenters. The van der Waals surface area contributed by atoms with Crippen LogP contribution in [0.1, 0.15) is 39.3 Å². The molecular formula is C34H38IN7O5S2. The number of aliphatic imine (C=N–C) groups is 1. The molecule has 7 N–H and O–H groups in total. The van der Waals surface area contributed by atoms with Crippen LogP contribution in [0, 0.1) is 3.57 Å². The zero-order valence-corrected chi connectivity index (χ0v) is 30.3. The zero-order valence-electron chi connectivity index (χ0n) is 26.5. The van der Waals surface area contributed by atoms with Gasteiger partial charge in [0.1, 0.15) is 12.1 Å². The van der Waals surface area contributed by atoms with Crippen LogP contribution in [0.3, 0.4) is 0 Å². The number of hydrogen-bond donors (Lipinski definition) is 5. The number of hydrogen-bond acceptors (Lipinski definition) is 8. The van der Waals surface area contributed by atoms with Crippen molar-refractivity contribution in [2.24, 2.45) is 16.5 Å². The molecule has 0 aliphatic heterocycles. The molecule has 4 aromatic rings. The second-order valence-electron chi connectivity index (χ2n) is 11.2. The molecule has 0 bridgehead atoms. The summed E-state index contributed by atoms with van der Waals surface area (Å²) in [6, 6.07) is 21.7. The largest absolute Gasteiger partial charge is 0.370 e. The third-order valence-corrected chi connectivity index (χ3v) is 10.2. The Bertz CT molecular complexity index is 1800. The lowest BCUT2D eigenvalue weighted by Crippen LogP contribution is -2.57. The highest BCUT2D eigenvalue weighted by atomic mass is 127. The van der Waals surface area contributed by atoms with Crippen LogP contribution < -0.4 is 26.8 Å². The SMILES string of the molecule is NC(N)=NCCC[C@H](NC(=O)[C@H](Cc1ccc(I)cc1)NC(=O)[C@@H](Cc1ccccc1)NS(=O)(=O)Cc1ccccc1)C(=O)c1nccs1. The Morgan fingerprint density at radius 2 is 1.37 bits per heavy atom. The number of guanidine groups is 1. The van der Waals surface area contributed by atoms with Crippen molar-refractivity contribution >= 4 is 67.5 Å². The van der Waals surface area contributed by atoms with E-state index in [0.29, 0.717) is 12.0 Å². The summed E-state index contributed by atoms with van der Waals surface area (Å²) < 4.78 is 30.2. The molecule has 0 aliphatic rings. The van der Waals surface area contributed by atoms with Gasteiger partial charge in [-0.3, -0.25) is 19.4 Å². The van der Waals surface area contributed by atoms with Gasteiger partial charge in [-0.15, -0.1) is 11.3 Å². The summed E-state index contributed by atoms with van der Waals surface area (Å²) in [7, 11) is -3.98. The summed E-state index contributed by atoms with van der Waals surface area (Å²) in [4.78, 5) is 49.5. The van der Waals surface area contributed by atoms with E-state index in [-0.39, 0.29) is 48.3 Å². The molecular weight excluding hydrogens is 777 g/mol. The molecule has 0 fully saturated rings. The maximum absolute atomic E-state index is 14.0. The first-order valence-corrected chi connectivity index (χ1v) is 19.0. The van der Waals surface area contributed by atoms with Gasteiger partial charge < -0.3 is 22.1 Å². The van der Waals surface area contributed by atoms with Crippen LogP contribution in [0.15, 0.2) is 101 Å². The van der Waals surface area contributed by atoms with Gasteiger partial charge in [0.05, 0.1) is 11.8 Å². The van der Waals surface area contributed by atoms with E-state index in [9.17, 15) is 22.8 Å². The van der Waals surface area contributed by atoms with Gasteiger partial charge in [-0.25, -0.2) is 18.1 Å². The standard InChI is InChI=1S/C34H38IN7O5S2/c35-26-15-13-24(14-16-26)20-28(31(44)40-27(12-7-17-39-34(36)37)30(43)33-38-18-19-48-33)41-32(45)29(21-23-8-3-1-4-9-23)42-49(46,47)22-25-10-5-2-6-11-25/h1-6,8-11,13-16,18-19,27-29,42H,7,12,17,20-22H2,(H,40,44)(H,41,45)(H4,36,37,39)/t27-,28-,29+/m0/s1. The number of carbonyl (C=O) groups is 3. The number of sulfonamides is 1. The minimum atomic E-state index is -3.98. The summed E-state index contributed by atoms with van der Waals surface area (Å²) >= 11 is 3.32. The van der Waals surface area contributed by atoms with Crippen molar-refractivity contribution in [3.8, 4) is 0 Å². The predicted molar refractivity (Wildman–Crippen MR) is 199 cm³/mol. The zero-order chi connectivity index (χ0) is 35.2. The number of nitrogens with one attached hydrogen (secondary N) is 3. The van der Waals surface area contributed by atoms with E-state index in [1.807, 2.05) is 30.3 Å². The highest BCUT2D eigenvalue weighted by Gasteiger charge is 2.32. The number of Topliss-reactive ketones (excluding diaryl/α,β-unsaturated/α-hetero) is 1. The van der Waals surface area contributed by atoms with Gasteiger partial charge in [-0.05, 0) is 70.7 Å². The molecule has 0 saturated carbocycles. The van der Waals surface area contributed by atoms with Crippen LogP contribution in [0.2, 0.25) is 0 Å². The number of rotatable bonds is 18. The van der Waals surface area contributed by atoms with Gasteiger partial charge in [0.25, 0.3) is 0 Å². The Morgan fingerprint density at radius 3 is 1.98 bits per heavy atom. The molecule has 12 nitrogen and oxygen atoms in total. The first-order chi connectivity index (χ1) is 23.5. The summed E-state index contributed by atoms with van der Waals surface area (Å²) in [6.45, 7) is 0.243. The fourth-order valence-electron chi connectivity index (χ4n) is 4.97. The van der Waals surface area contributed by atoms with Crippen molar-refractivity contribution in [1.82, 2.24) is 20.3 Å². The first-order valence-electron chi connectivity index (χ1n) is 15.4.